The van der Waals surface area contributed by atoms with Crippen molar-refractivity contribution in [3.8, 4) is 0 Å². The number of hydrogen-bond acceptors (Lipinski definition) is 3. The lowest BCUT2D eigenvalue weighted by Gasteiger charge is -2.36. The molecule has 1 atom stereocenters. The van der Waals surface area contributed by atoms with Gasteiger partial charge in [-0.05, 0) is 44.6 Å². The molecule has 0 spiro atoms. The van der Waals surface area contributed by atoms with Crippen LogP contribution < -0.4 is 0 Å². The maximum absolute atomic E-state index is 13.3. The van der Waals surface area contributed by atoms with Crippen LogP contribution in [0, 0.1) is 6.92 Å². The molecule has 1 amide bonds. The van der Waals surface area contributed by atoms with Crippen molar-refractivity contribution in [3.63, 3.8) is 0 Å². The molecule has 5 heteroatoms. The van der Waals surface area contributed by atoms with Crippen LogP contribution in [0.25, 0.3) is 5.65 Å². The number of aromatic nitrogens is 3. The van der Waals surface area contributed by atoms with Gasteiger partial charge in [0.05, 0.1) is 17.5 Å². The lowest BCUT2D eigenvalue weighted by atomic mass is 9.95. The van der Waals surface area contributed by atoms with Crippen molar-refractivity contribution in [2.24, 2.45) is 0 Å². The van der Waals surface area contributed by atoms with Crippen LogP contribution in [0.2, 0.25) is 0 Å². The van der Waals surface area contributed by atoms with Gasteiger partial charge in [-0.15, -0.1) is 0 Å². The van der Waals surface area contributed by atoms with Gasteiger partial charge in [0.25, 0.3) is 5.91 Å². The summed E-state index contributed by atoms with van der Waals surface area (Å²) in [5, 5.41) is 4.28. The molecule has 3 heterocycles. The molecule has 4 rings (SSSR count). The third kappa shape index (κ3) is 3.21. The molecule has 1 aromatic carbocycles. The normalized spacial score (nSPS) is 17.6. The topological polar surface area (TPSA) is 50.5 Å². The number of nitrogens with zero attached hydrogens (tertiary/aromatic N) is 4. The fourth-order valence-electron chi connectivity index (χ4n) is 3.90. The second-order valence-corrected chi connectivity index (χ2v) is 7.03. The summed E-state index contributed by atoms with van der Waals surface area (Å²) in [7, 11) is 0. The molecule has 5 nitrogen and oxygen atoms in total. The Balaban J connectivity index is 1.54. The van der Waals surface area contributed by atoms with Crippen molar-refractivity contribution in [1.29, 1.82) is 0 Å². The number of benzene rings is 1. The lowest BCUT2D eigenvalue weighted by Crippen LogP contribution is -2.44. The van der Waals surface area contributed by atoms with Crippen LogP contribution in [-0.2, 0) is 6.42 Å². The van der Waals surface area contributed by atoms with E-state index in [1.54, 1.807) is 16.9 Å². The zero-order chi connectivity index (χ0) is 17.9. The van der Waals surface area contributed by atoms with Crippen molar-refractivity contribution in [1.82, 2.24) is 19.5 Å². The van der Waals surface area contributed by atoms with Gasteiger partial charge in [0, 0.05) is 24.8 Å². The lowest BCUT2D eigenvalue weighted by molar-refractivity contribution is 0.0600. The highest BCUT2D eigenvalue weighted by atomic mass is 16.2. The Kier molecular flexibility index (Phi) is 4.69. The molecule has 1 aliphatic rings. The molecule has 3 aromatic rings. The van der Waals surface area contributed by atoms with E-state index in [1.807, 2.05) is 19.1 Å². The molecule has 2 aromatic heterocycles. The van der Waals surface area contributed by atoms with Crippen LogP contribution in [-0.4, -0.2) is 38.0 Å². The van der Waals surface area contributed by atoms with Gasteiger partial charge in [0.2, 0.25) is 0 Å². The first-order valence-corrected chi connectivity index (χ1v) is 9.38. The van der Waals surface area contributed by atoms with Crippen LogP contribution in [0.3, 0.4) is 0 Å². The van der Waals surface area contributed by atoms with E-state index in [0.29, 0.717) is 11.6 Å². The summed E-state index contributed by atoms with van der Waals surface area (Å²) in [4.78, 5) is 19.7. The van der Waals surface area contributed by atoms with Crippen molar-refractivity contribution in [2.45, 2.75) is 45.1 Å². The summed E-state index contributed by atoms with van der Waals surface area (Å²) < 4.78 is 1.75. The predicted molar refractivity (Wildman–Crippen MR) is 101 cm³/mol. The Morgan fingerprint density at radius 1 is 1.19 bits per heavy atom. The number of amides is 1. The minimum Gasteiger partial charge on any atom is -0.336 e. The van der Waals surface area contributed by atoms with Crippen LogP contribution in [0.15, 0.2) is 48.8 Å². The van der Waals surface area contributed by atoms with E-state index < -0.39 is 0 Å². The van der Waals surface area contributed by atoms with Crippen molar-refractivity contribution in [2.75, 3.05) is 6.54 Å². The first kappa shape index (κ1) is 16.8. The largest absolute Gasteiger partial charge is 0.336 e. The fraction of sp³-hybridized carbons (Fsp3) is 0.381. The number of piperidine rings is 1. The minimum atomic E-state index is 0.0881. The number of carbonyl (C=O) groups excluding carboxylic acids is 1. The molecule has 0 bridgehead atoms. The van der Waals surface area contributed by atoms with Gasteiger partial charge in [-0.1, -0.05) is 30.3 Å². The first-order chi connectivity index (χ1) is 12.7. The summed E-state index contributed by atoms with van der Waals surface area (Å²) in [6, 6.07) is 12.7. The molecular weight excluding hydrogens is 324 g/mol. The second-order valence-electron chi connectivity index (χ2n) is 7.03. The maximum Gasteiger partial charge on any atom is 0.257 e. The highest BCUT2D eigenvalue weighted by Gasteiger charge is 2.28. The van der Waals surface area contributed by atoms with Gasteiger partial charge in [0.15, 0.2) is 5.65 Å². The Bertz CT molecular complexity index is 903. The summed E-state index contributed by atoms with van der Waals surface area (Å²) in [5.74, 6) is 0.0881. The molecule has 1 saturated heterocycles. The monoisotopic (exact) mass is 348 g/mol. The Labute approximate surface area is 153 Å². The zero-order valence-electron chi connectivity index (χ0n) is 15.1. The van der Waals surface area contributed by atoms with Gasteiger partial charge >= 0.3 is 0 Å². The summed E-state index contributed by atoms with van der Waals surface area (Å²) >= 11 is 0. The summed E-state index contributed by atoms with van der Waals surface area (Å²) in [5.41, 5.74) is 3.63. The minimum absolute atomic E-state index is 0.0881. The fourth-order valence-corrected chi connectivity index (χ4v) is 3.90. The van der Waals surface area contributed by atoms with Crippen LogP contribution >= 0.6 is 0 Å². The number of likely N-dealkylation sites (tertiary alicyclic amines) is 1. The van der Waals surface area contributed by atoms with Crippen LogP contribution in [0.4, 0.5) is 0 Å². The van der Waals surface area contributed by atoms with E-state index >= 15 is 0 Å². The molecule has 26 heavy (non-hydrogen) atoms. The van der Waals surface area contributed by atoms with Gasteiger partial charge < -0.3 is 4.90 Å². The molecule has 1 unspecified atom stereocenters. The van der Waals surface area contributed by atoms with Crippen molar-refractivity contribution < 1.29 is 4.79 Å². The Hall–Kier alpha value is -2.69. The summed E-state index contributed by atoms with van der Waals surface area (Å²) in [6.45, 7) is 2.77. The van der Waals surface area contributed by atoms with E-state index in [0.717, 1.165) is 43.6 Å². The van der Waals surface area contributed by atoms with Crippen LogP contribution in [0.1, 0.15) is 47.3 Å². The van der Waals surface area contributed by atoms with E-state index in [-0.39, 0.29) is 5.91 Å². The number of carbonyl (C=O) groups is 1. The molecule has 0 aliphatic carbocycles. The molecule has 1 fully saturated rings. The Morgan fingerprint density at radius 3 is 2.88 bits per heavy atom. The number of hydrogen-bond donors (Lipinski definition) is 0. The van der Waals surface area contributed by atoms with Gasteiger partial charge in [-0.2, -0.15) is 5.10 Å². The smallest absolute Gasteiger partial charge is 0.257 e. The van der Waals surface area contributed by atoms with E-state index in [9.17, 15) is 4.79 Å². The van der Waals surface area contributed by atoms with Gasteiger partial charge in [-0.25, -0.2) is 9.50 Å². The molecule has 0 saturated carbocycles. The molecular formula is C21H24N4O. The first-order valence-electron chi connectivity index (χ1n) is 9.38. The molecule has 1 aliphatic heterocycles. The third-order valence-corrected chi connectivity index (χ3v) is 5.38. The van der Waals surface area contributed by atoms with E-state index in [2.05, 4.69) is 39.2 Å². The maximum atomic E-state index is 13.3. The standard InChI is InChI=1S/C21H24N4O/c1-16-19(15-22-20-12-13-23-25(16)20)21(26)24-14-6-5-9-18(24)11-10-17-7-3-2-4-8-17/h2-4,7-8,12-13,15,18H,5-6,9-11,14H2,1H3. The van der Waals surface area contributed by atoms with E-state index in [1.165, 1.54) is 12.0 Å². The van der Waals surface area contributed by atoms with Crippen molar-refractivity contribution >= 4 is 11.6 Å². The zero-order valence-corrected chi connectivity index (χ0v) is 15.1. The third-order valence-electron chi connectivity index (χ3n) is 5.38. The van der Waals surface area contributed by atoms with Gasteiger partial charge in [0.1, 0.15) is 0 Å². The average Bonchev–Trinajstić information content (AvgIpc) is 3.17. The van der Waals surface area contributed by atoms with Gasteiger partial charge in [-0.3, -0.25) is 4.79 Å². The molecule has 0 N–H and O–H groups in total. The van der Waals surface area contributed by atoms with Crippen LogP contribution in [0.5, 0.6) is 0 Å². The highest BCUT2D eigenvalue weighted by molar-refractivity contribution is 5.95. The quantitative estimate of drug-likeness (QED) is 0.723. The summed E-state index contributed by atoms with van der Waals surface area (Å²) in [6.07, 6.45) is 8.78. The molecule has 0 radical (unpaired) electrons. The number of fused-ring (bicyclic) bond motifs is 1. The average molecular weight is 348 g/mol. The predicted octanol–water partition coefficient (Wildman–Crippen LogP) is 3.67. The number of rotatable bonds is 4. The Morgan fingerprint density at radius 2 is 2.04 bits per heavy atom. The molecule has 134 valence electrons. The van der Waals surface area contributed by atoms with E-state index in [4.69, 9.17) is 0 Å². The highest BCUT2D eigenvalue weighted by Crippen LogP contribution is 2.24. The SMILES string of the molecule is Cc1c(C(=O)N2CCCCC2CCc2ccccc2)cnc2ccnn12. The van der Waals surface area contributed by atoms with Crippen molar-refractivity contribution in [3.05, 3.63) is 65.6 Å². The number of aryl methyl sites for hydroxylation is 2. The second kappa shape index (κ2) is 7.28.